The Kier molecular flexibility index (Phi) is 4.78. The number of rotatable bonds is 4. The van der Waals surface area contributed by atoms with Crippen LogP contribution in [-0.2, 0) is 11.3 Å². The molecule has 1 atom stereocenters. The number of nitrogens with two attached hydrogens (primary N) is 1. The molecule has 0 aliphatic carbocycles. The molecule has 1 amide bonds. The lowest BCUT2D eigenvalue weighted by Gasteiger charge is -2.09. The first-order chi connectivity index (χ1) is 7.13. The Bertz CT molecular complexity index is 324. The molecular formula is C11H15BrN2O. The largest absolute Gasteiger partial charge is 0.351 e. The van der Waals surface area contributed by atoms with Crippen LogP contribution < -0.4 is 11.1 Å². The van der Waals surface area contributed by atoms with Gasteiger partial charge in [0.15, 0.2) is 0 Å². The van der Waals surface area contributed by atoms with E-state index < -0.39 is 6.04 Å². The number of amides is 1. The third-order valence-corrected chi connectivity index (χ3v) is 2.69. The van der Waals surface area contributed by atoms with Crippen LogP contribution in [0.15, 0.2) is 28.7 Å². The van der Waals surface area contributed by atoms with Crippen molar-refractivity contribution in [2.75, 3.05) is 0 Å². The van der Waals surface area contributed by atoms with Crippen molar-refractivity contribution in [3.05, 3.63) is 34.3 Å². The minimum atomic E-state index is -0.402. The molecule has 0 radical (unpaired) electrons. The summed E-state index contributed by atoms with van der Waals surface area (Å²) in [6, 6.07) is 7.41. The van der Waals surface area contributed by atoms with Crippen LogP contribution in [0.4, 0.5) is 0 Å². The van der Waals surface area contributed by atoms with Gasteiger partial charge in [-0.3, -0.25) is 4.79 Å². The maximum Gasteiger partial charge on any atom is 0.237 e. The van der Waals surface area contributed by atoms with E-state index in [9.17, 15) is 4.79 Å². The van der Waals surface area contributed by atoms with Gasteiger partial charge >= 0.3 is 0 Å². The van der Waals surface area contributed by atoms with E-state index in [1.54, 1.807) is 0 Å². The number of carbonyl (C=O) groups is 1. The van der Waals surface area contributed by atoms with E-state index in [0.717, 1.165) is 10.0 Å². The lowest BCUT2D eigenvalue weighted by Crippen LogP contribution is -2.39. The number of hydrogen-bond acceptors (Lipinski definition) is 2. The van der Waals surface area contributed by atoms with Gasteiger partial charge in [-0.1, -0.05) is 35.0 Å². The van der Waals surface area contributed by atoms with E-state index in [4.69, 9.17) is 5.73 Å². The van der Waals surface area contributed by atoms with Crippen molar-refractivity contribution in [2.45, 2.75) is 25.9 Å². The number of nitrogens with one attached hydrogen (secondary N) is 1. The molecule has 0 aliphatic rings. The fourth-order valence-corrected chi connectivity index (χ4v) is 1.37. The Labute approximate surface area is 98.2 Å². The van der Waals surface area contributed by atoms with Gasteiger partial charge in [0.1, 0.15) is 0 Å². The van der Waals surface area contributed by atoms with Crippen LogP contribution in [-0.4, -0.2) is 11.9 Å². The molecule has 82 valence electrons. The second kappa shape index (κ2) is 5.88. The second-order valence-electron chi connectivity index (χ2n) is 3.36. The molecular weight excluding hydrogens is 256 g/mol. The van der Waals surface area contributed by atoms with Gasteiger partial charge in [-0.05, 0) is 24.1 Å². The zero-order valence-electron chi connectivity index (χ0n) is 8.66. The Balaban J connectivity index is 2.43. The maximum absolute atomic E-state index is 11.4. The zero-order chi connectivity index (χ0) is 11.3. The molecule has 0 saturated heterocycles. The van der Waals surface area contributed by atoms with Crippen molar-refractivity contribution in [1.82, 2.24) is 5.32 Å². The quantitative estimate of drug-likeness (QED) is 0.877. The summed E-state index contributed by atoms with van der Waals surface area (Å²) in [6.45, 7) is 2.42. The van der Waals surface area contributed by atoms with Gasteiger partial charge in [0, 0.05) is 11.0 Å². The fraction of sp³-hybridized carbons (Fsp3) is 0.364. The van der Waals surface area contributed by atoms with Gasteiger partial charge in [-0.25, -0.2) is 0 Å². The van der Waals surface area contributed by atoms with E-state index in [-0.39, 0.29) is 5.91 Å². The predicted octanol–water partition coefficient (Wildman–Crippen LogP) is 1.80. The molecule has 0 heterocycles. The first-order valence-corrected chi connectivity index (χ1v) is 5.70. The number of carbonyl (C=O) groups excluding carboxylic acids is 1. The predicted molar refractivity (Wildman–Crippen MR) is 64.3 cm³/mol. The number of halogens is 1. The summed E-state index contributed by atoms with van der Waals surface area (Å²) in [6.07, 6.45) is 0.659. The molecule has 1 aromatic carbocycles. The summed E-state index contributed by atoms with van der Waals surface area (Å²) in [5.74, 6) is -0.0968. The number of hydrogen-bond donors (Lipinski definition) is 2. The minimum Gasteiger partial charge on any atom is -0.351 e. The molecule has 3 N–H and O–H groups in total. The summed E-state index contributed by atoms with van der Waals surface area (Å²) in [7, 11) is 0. The molecule has 15 heavy (non-hydrogen) atoms. The van der Waals surface area contributed by atoms with Crippen molar-refractivity contribution in [1.29, 1.82) is 0 Å². The fourth-order valence-electron chi connectivity index (χ4n) is 1.11. The molecule has 0 aliphatic heterocycles. The average Bonchev–Trinajstić information content (AvgIpc) is 2.26. The van der Waals surface area contributed by atoms with Gasteiger partial charge in [0.05, 0.1) is 6.04 Å². The van der Waals surface area contributed by atoms with Crippen LogP contribution in [0.3, 0.4) is 0 Å². The SMILES string of the molecule is CC[C@@H](N)C(=O)NCc1ccc(Br)cc1. The van der Waals surface area contributed by atoms with Crippen LogP contribution in [0.1, 0.15) is 18.9 Å². The lowest BCUT2D eigenvalue weighted by atomic mass is 10.2. The maximum atomic E-state index is 11.4. The minimum absolute atomic E-state index is 0.0968. The molecule has 0 bridgehead atoms. The first kappa shape index (κ1) is 12.2. The first-order valence-electron chi connectivity index (χ1n) is 4.91. The van der Waals surface area contributed by atoms with E-state index >= 15 is 0 Å². The second-order valence-corrected chi connectivity index (χ2v) is 4.27. The van der Waals surface area contributed by atoms with Crippen molar-refractivity contribution >= 4 is 21.8 Å². The molecule has 0 saturated carbocycles. The normalized spacial score (nSPS) is 12.2. The molecule has 0 fully saturated rings. The highest BCUT2D eigenvalue weighted by molar-refractivity contribution is 9.10. The van der Waals surface area contributed by atoms with Gasteiger partial charge < -0.3 is 11.1 Å². The molecule has 0 spiro atoms. The highest BCUT2D eigenvalue weighted by Gasteiger charge is 2.09. The van der Waals surface area contributed by atoms with Crippen LogP contribution in [0.25, 0.3) is 0 Å². The highest BCUT2D eigenvalue weighted by atomic mass is 79.9. The van der Waals surface area contributed by atoms with Crippen LogP contribution in [0, 0.1) is 0 Å². The van der Waals surface area contributed by atoms with E-state index in [1.165, 1.54) is 0 Å². The number of benzene rings is 1. The summed E-state index contributed by atoms with van der Waals surface area (Å²) < 4.78 is 1.03. The van der Waals surface area contributed by atoms with E-state index in [2.05, 4.69) is 21.2 Å². The summed E-state index contributed by atoms with van der Waals surface area (Å²) >= 11 is 3.35. The highest BCUT2D eigenvalue weighted by Crippen LogP contribution is 2.10. The molecule has 1 aromatic rings. The lowest BCUT2D eigenvalue weighted by molar-refractivity contribution is -0.122. The Morgan fingerprint density at radius 2 is 2.07 bits per heavy atom. The average molecular weight is 271 g/mol. The molecule has 3 nitrogen and oxygen atoms in total. The monoisotopic (exact) mass is 270 g/mol. The third-order valence-electron chi connectivity index (χ3n) is 2.16. The van der Waals surface area contributed by atoms with Gasteiger partial charge in [0.25, 0.3) is 0 Å². The summed E-state index contributed by atoms with van der Waals surface area (Å²) in [5.41, 5.74) is 6.65. The summed E-state index contributed by atoms with van der Waals surface area (Å²) in [5, 5.41) is 2.79. The topological polar surface area (TPSA) is 55.1 Å². The van der Waals surface area contributed by atoms with Gasteiger partial charge in [-0.2, -0.15) is 0 Å². The molecule has 1 rings (SSSR count). The van der Waals surface area contributed by atoms with Gasteiger partial charge in [-0.15, -0.1) is 0 Å². The summed E-state index contributed by atoms with van der Waals surface area (Å²) in [4.78, 5) is 11.4. The zero-order valence-corrected chi connectivity index (χ0v) is 10.3. The van der Waals surface area contributed by atoms with Crippen molar-refractivity contribution in [2.24, 2.45) is 5.73 Å². The van der Waals surface area contributed by atoms with Crippen LogP contribution >= 0.6 is 15.9 Å². The van der Waals surface area contributed by atoms with Gasteiger partial charge in [0.2, 0.25) is 5.91 Å². The van der Waals surface area contributed by atoms with Crippen molar-refractivity contribution < 1.29 is 4.79 Å². The Hall–Kier alpha value is -0.870. The van der Waals surface area contributed by atoms with Crippen molar-refractivity contribution in [3.8, 4) is 0 Å². The van der Waals surface area contributed by atoms with E-state index in [1.807, 2.05) is 31.2 Å². The van der Waals surface area contributed by atoms with Crippen LogP contribution in [0.2, 0.25) is 0 Å². The third kappa shape index (κ3) is 4.01. The van der Waals surface area contributed by atoms with Crippen molar-refractivity contribution in [3.63, 3.8) is 0 Å². The van der Waals surface area contributed by atoms with E-state index in [0.29, 0.717) is 13.0 Å². The Morgan fingerprint density at radius 1 is 1.47 bits per heavy atom. The molecule has 4 heteroatoms. The smallest absolute Gasteiger partial charge is 0.237 e. The van der Waals surface area contributed by atoms with Crippen LogP contribution in [0.5, 0.6) is 0 Å². The molecule has 0 unspecified atom stereocenters. The molecule has 0 aromatic heterocycles. The Morgan fingerprint density at radius 3 is 2.60 bits per heavy atom. The standard InChI is InChI=1S/C11H15BrN2O/c1-2-10(13)11(15)14-7-8-3-5-9(12)6-4-8/h3-6,10H,2,7,13H2,1H3,(H,14,15)/t10-/m1/s1.